The lowest BCUT2D eigenvalue weighted by Gasteiger charge is -2.23. The zero-order chi connectivity index (χ0) is 12.8. The minimum absolute atomic E-state index is 0.134. The normalized spacial score (nSPS) is 22.1. The smallest absolute Gasteiger partial charge is 0.241 e. The van der Waals surface area contributed by atoms with E-state index >= 15 is 0 Å². The Morgan fingerprint density at radius 3 is 2.28 bits per heavy atom. The van der Waals surface area contributed by atoms with Crippen LogP contribution in [0.2, 0.25) is 0 Å². The fraction of sp³-hybridized carbons (Fsp3) is 0.188. The Bertz CT molecular complexity index is 606. The molecule has 0 saturated heterocycles. The molecule has 2 nitrogen and oxygen atoms in total. The number of anilines is 1. The molecular formula is C16H15NO. The van der Waals surface area contributed by atoms with Gasteiger partial charge in [-0.05, 0) is 24.1 Å². The van der Waals surface area contributed by atoms with E-state index in [1.807, 2.05) is 68.6 Å². The summed E-state index contributed by atoms with van der Waals surface area (Å²) in [7, 11) is 1.84. The number of likely N-dealkylation sites (N-methyl/N-ethyl adjacent to an activating group) is 1. The topological polar surface area (TPSA) is 20.3 Å². The number of nitrogens with zero attached hydrogens (tertiary/aromatic N) is 1. The molecule has 2 aromatic carbocycles. The van der Waals surface area contributed by atoms with Crippen LogP contribution in [0.4, 0.5) is 5.69 Å². The van der Waals surface area contributed by atoms with Crippen LogP contribution in [-0.2, 0) is 10.2 Å². The predicted molar refractivity (Wildman–Crippen MR) is 72.7 cm³/mol. The lowest BCUT2D eigenvalue weighted by Crippen LogP contribution is -2.36. The number of rotatable bonds is 1. The van der Waals surface area contributed by atoms with Gasteiger partial charge in [-0.3, -0.25) is 4.79 Å². The highest BCUT2D eigenvalue weighted by atomic mass is 16.2. The molecule has 0 aliphatic carbocycles. The maximum atomic E-state index is 12.6. The van der Waals surface area contributed by atoms with E-state index in [0.29, 0.717) is 0 Å². The number of fused-ring (bicyclic) bond motifs is 1. The third-order valence-electron chi connectivity index (χ3n) is 3.89. The number of amides is 1. The number of hydrogen-bond donors (Lipinski definition) is 0. The van der Waals surface area contributed by atoms with Gasteiger partial charge in [-0.25, -0.2) is 0 Å². The van der Waals surface area contributed by atoms with Gasteiger partial charge in [0.25, 0.3) is 0 Å². The molecule has 0 spiro atoms. The summed E-state index contributed by atoms with van der Waals surface area (Å²) in [6, 6.07) is 18.0. The number of para-hydroxylation sites is 1. The van der Waals surface area contributed by atoms with Crippen molar-refractivity contribution in [3.63, 3.8) is 0 Å². The van der Waals surface area contributed by atoms with Gasteiger partial charge in [0.05, 0.1) is 5.41 Å². The van der Waals surface area contributed by atoms with E-state index in [2.05, 4.69) is 0 Å². The minimum Gasteiger partial charge on any atom is -0.314 e. The van der Waals surface area contributed by atoms with E-state index in [1.54, 1.807) is 4.90 Å². The maximum Gasteiger partial charge on any atom is 0.241 e. The van der Waals surface area contributed by atoms with E-state index < -0.39 is 5.41 Å². The Hall–Kier alpha value is -2.09. The summed E-state index contributed by atoms with van der Waals surface area (Å²) in [5.74, 6) is 0.134. The van der Waals surface area contributed by atoms with Crippen molar-refractivity contribution in [1.29, 1.82) is 0 Å². The Labute approximate surface area is 107 Å². The van der Waals surface area contributed by atoms with Crippen molar-refractivity contribution in [3.05, 3.63) is 65.7 Å². The van der Waals surface area contributed by atoms with E-state index in [4.69, 9.17) is 0 Å². The zero-order valence-corrected chi connectivity index (χ0v) is 10.6. The van der Waals surface area contributed by atoms with E-state index in [-0.39, 0.29) is 5.91 Å². The summed E-state index contributed by atoms with van der Waals surface area (Å²) >= 11 is 0. The third kappa shape index (κ3) is 1.26. The van der Waals surface area contributed by atoms with Crippen molar-refractivity contribution >= 4 is 11.6 Å². The van der Waals surface area contributed by atoms with Crippen molar-refractivity contribution in [1.82, 2.24) is 0 Å². The van der Waals surface area contributed by atoms with Gasteiger partial charge in [-0.2, -0.15) is 0 Å². The van der Waals surface area contributed by atoms with Crippen molar-refractivity contribution in [2.45, 2.75) is 12.3 Å². The molecular weight excluding hydrogens is 222 g/mol. The molecule has 1 aliphatic heterocycles. The molecule has 1 unspecified atom stereocenters. The van der Waals surface area contributed by atoms with Crippen LogP contribution >= 0.6 is 0 Å². The summed E-state index contributed by atoms with van der Waals surface area (Å²) in [5.41, 5.74) is 2.58. The van der Waals surface area contributed by atoms with Crippen molar-refractivity contribution in [2.75, 3.05) is 11.9 Å². The van der Waals surface area contributed by atoms with Crippen LogP contribution < -0.4 is 4.90 Å². The lowest BCUT2D eigenvalue weighted by molar-refractivity contribution is -0.121. The highest BCUT2D eigenvalue weighted by Crippen LogP contribution is 2.44. The van der Waals surface area contributed by atoms with Gasteiger partial charge in [0.1, 0.15) is 0 Å². The molecule has 1 heterocycles. The first-order chi connectivity index (χ1) is 8.65. The standard InChI is InChI=1S/C16H15NO/c1-16(12-8-4-3-5-9-12)13-10-6-7-11-14(13)17(2)15(16)18/h3-11H,1-2H3. The fourth-order valence-electron chi connectivity index (χ4n) is 2.80. The SMILES string of the molecule is CN1C(=O)C(C)(c2ccccc2)c2ccccc21. The molecule has 1 atom stereocenters. The third-order valence-corrected chi connectivity index (χ3v) is 3.89. The number of carbonyl (C=O) groups excluding carboxylic acids is 1. The van der Waals surface area contributed by atoms with Gasteiger partial charge in [-0.1, -0.05) is 48.5 Å². The first-order valence-electron chi connectivity index (χ1n) is 6.09. The Morgan fingerprint density at radius 1 is 0.944 bits per heavy atom. The van der Waals surface area contributed by atoms with Crippen LogP contribution in [0.1, 0.15) is 18.1 Å². The summed E-state index contributed by atoms with van der Waals surface area (Å²) in [4.78, 5) is 14.4. The Kier molecular flexibility index (Phi) is 2.27. The molecule has 0 bridgehead atoms. The van der Waals surface area contributed by atoms with Gasteiger partial charge >= 0.3 is 0 Å². The van der Waals surface area contributed by atoms with Crippen LogP contribution in [0, 0.1) is 0 Å². The highest BCUT2D eigenvalue weighted by Gasteiger charge is 2.46. The van der Waals surface area contributed by atoms with Gasteiger partial charge in [0.15, 0.2) is 0 Å². The molecule has 0 N–H and O–H groups in total. The molecule has 1 aliphatic rings. The number of benzene rings is 2. The van der Waals surface area contributed by atoms with Crippen LogP contribution in [0.5, 0.6) is 0 Å². The molecule has 2 heteroatoms. The van der Waals surface area contributed by atoms with Crippen LogP contribution in [-0.4, -0.2) is 13.0 Å². The average Bonchev–Trinajstić information content (AvgIpc) is 2.64. The lowest BCUT2D eigenvalue weighted by atomic mass is 9.77. The summed E-state index contributed by atoms with van der Waals surface area (Å²) in [6.07, 6.45) is 0. The van der Waals surface area contributed by atoms with Gasteiger partial charge in [0, 0.05) is 12.7 Å². The van der Waals surface area contributed by atoms with Gasteiger partial charge < -0.3 is 4.90 Å². The quantitative estimate of drug-likeness (QED) is 0.746. The largest absolute Gasteiger partial charge is 0.314 e. The Balaban J connectivity index is 2.27. The van der Waals surface area contributed by atoms with E-state index in [0.717, 1.165) is 16.8 Å². The second kappa shape index (κ2) is 3.70. The van der Waals surface area contributed by atoms with Gasteiger partial charge in [0.2, 0.25) is 5.91 Å². The Morgan fingerprint density at radius 2 is 1.56 bits per heavy atom. The average molecular weight is 237 g/mol. The highest BCUT2D eigenvalue weighted by molar-refractivity contribution is 6.09. The fourth-order valence-corrected chi connectivity index (χ4v) is 2.80. The summed E-state index contributed by atoms with van der Waals surface area (Å²) in [5, 5.41) is 0. The predicted octanol–water partition coefficient (Wildman–Crippen LogP) is 2.97. The minimum atomic E-state index is -0.563. The molecule has 0 aromatic heterocycles. The second-order valence-electron chi connectivity index (χ2n) is 4.87. The summed E-state index contributed by atoms with van der Waals surface area (Å²) < 4.78 is 0. The van der Waals surface area contributed by atoms with Crippen LogP contribution in [0.25, 0.3) is 0 Å². The molecule has 18 heavy (non-hydrogen) atoms. The molecule has 0 fully saturated rings. The van der Waals surface area contributed by atoms with Crippen LogP contribution in [0.15, 0.2) is 54.6 Å². The van der Waals surface area contributed by atoms with E-state index in [1.165, 1.54) is 0 Å². The number of carbonyl (C=O) groups is 1. The monoisotopic (exact) mass is 237 g/mol. The molecule has 3 rings (SSSR count). The molecule has 2 aromatic rings. The van der Waals surface area contributed by atoms with Gasteiger partial charge in [-0.15, -0.1) is 0 Å². The molecule has 0 radical (unpaired) electrons. The van der Waals surface area contributed by atoms with E-state index in [9.17, 15) is 4.79 Å². The second-order valence-corrected chi connectivity index (χ2v) is 4.87. The first kappa shape index (κ1) is 11.0. The first-order valence-corrected chi connectivity index (χ1v) is 6.09. The van der Waals surface area contributed by atoms with Crippen LogP contribution in [0.3, 0.4) is 0 Å². The van der Waals surface area contributed by atoms with Crippen molar-refractivity contribution in [2.24, 2.45) is 0 Å². The van der Waals surface area contributed by atoms with Crippen molar-refractivity contribution in [3.8, 4) is 0 Å². The zero-order valence-electron chi connectivity index (χ0n) is 10.6. The maximum absolute atomic E-state index is 12.6. The molecule has 90 valence electrons. The summed E-state index contributed by atoms with van der Waals surface area (Å²) in [6.45, 7) is 2.01. The molecule has 0 saturated carbocycles. The molecule has 1 amide bonds. The van der Waals surface area contributed by atoms with Crippen molar-refractivity contribution < 1.29 is 4.79 Å². The number of hydrogen-bond acceptors (Lipinski definition) is 1.